The van der Waals surface area contributed by atoms with E-state index in [0.29, 0.717) is 16.2 Å². The highest BCUT2D eigenvalue weighted by molar-refractivity contribution is 8.18. The number of ether oxygens (including phenoxy) is 1. The predicted molar refractivity (Wildman–Crippen MR) is 79.9 cm³/mol. The molecule has 1 aromatic rings. The number of amides is 3. The second-order valence-electron chi connectivity index (χ2n) is 4.19. The van der Waals surface area contributed by atoms with E-state index in [-0.39, 0.29) is 22.8 Å². The van der Waals surface area contributed by atoms with Gasteiger partial charge in [0.15, 0.2) is 6.61 Å². The zero-order valence-electron chi connectivity index (χ0n) is 11.0. The molecule has 1 saturated heterocycles. The van der Waals surface area contributed by atoms with Gasteiger partial charge in [-0.25, -0.2) is 0 Å². The maximum Gasteiger partial charge on any atom is 0.293 e. The Morgan fingerprint density at radius 2 is 2.19 bits per heavy atom. The molecule has 8 heteroatoms. The molecule has 0 unspecified atom stereocenters. The van der Waals surface area contributed by atoms with Crippen LogP contribution in [0.5, 0.6) is 5.75 Å². The molecule has 1 heterocycles. The van der Waals surface area contributed by atoms with Crippen LogP contribution in [0.25, 0.3) is 6.08 Å². The zero-order chi connectivity index (χ0) is 15.6. The Bertz CT molecular complexity index is 660. The van der Waals surface area contributed by atoms with Crippen molar-refractivity contribution in [1.29, 1.82) is 0 Å². The van der Waals surface area contributed by atoms with Gasteiger partial charge in [0, 0.05) is 7.05 Å². The summed E-state index contributed by atoms with van der Waals surface area (Å²) < 4.78 is 5.12. The Kier molecular flexibility index (Phi) is 4.54. The average molecular weight is 327 g/mol. The average Bonchev–Trinajstić information content (AvgIpc) is 2.65. The normalized spacial score (nSPS) is 16.7. The van der Waals surface area contributed by atoms with Gasteiger partial charge in [0.05, 0.1) is 9.93 Å². The molecule has 0 bridgehead atoms. The fourth-order valence-electron chi connectivity index (χ4n) is 1.57. The van der Waals surface area contributed by atoms with Crippen molar-refractivity contribution in [3.8, 4) is 5.75 Å². The SMILES string of the molecule is CN1C(=O)SC(=Cc2ccc(OCC(N)=O)c(Cl)c2)C1=O. The Labute approximate surface area is 129 Å². The van der Waals surface area contributed by atoms with Crippen molar-refractivity contribution < 1.29 is 19.1 Å². The third kappa shape index (κ3) is 3.56. The minimum atomic E-state index is -0.605. The third-order valence-electron chi connectivity index (χ3n) is 2.61. The maximum absolute atomic E-state index is 11.8. The minimum Gasteiger partial charge on any atom is -0.482 e. The quantitative estimate of drug-likeness (QED) is 0.853. The number of hydrogen-bond donors (Lipinski definition) is 1. The summed E-state index contributed by atoms with van der Waals surface area (Å²) >= 11 is 6.88. The molecular formula is C13H11ClN2O4S. The molecule has 3 amide bonds. The first-order valence-corrected chi connectivity index (χ1v) is 7.00. The number of benzene rings is 1. The number of imide groups is 1. The van der Waals surface area contributed by atoms with Crippen molar-refractivity contribution in [3.05, 3.63) is 33.7 Å². The molecule has 0 aliphatic carbocycles. The summed E-state index contributed by atoms with van der Waals surface area (Å²) in [5, 5.41) is -0.0421. The zero-order valence-corrected chi connectivity index (χ0v) is 12.5. The van der Waals surface area contributed by atoms with Gasteiger partial charge in [0.1, 0.15) is 5.75 Å². The fraction of sp³-hybridized carbons (Fsp3) is 0.154. The van der Waals surface area contributed by atoms with Crippen molar-refractivity contribution in [1.82, 2.24) is 4.90 Å². The topological polar surface area (TPSA) is 89.7 Å². The lowest BCUT2D eigenvalue weighted by atomic mass is 10.2. The molecule has 1 aliphatic heterocycles. The Hall–Kier alpha value is -1.99. The van der Waals surface area contributed by atoms with Gasteiger partial charge in [-0.05, 0) is 35.5 Å². The second kappa shape index (κ2) is 6.19. The number of hydrogen-bond acceptors (Lipinski definition) is 5. The second-order valence-corrected chi connectivity index (χ2v) is 5.59. The first kappa shape index (κ1) is 15.4. The molecule has 0 atom stereocenters. The van der Waals surface area contributed by atoms with Crippen molar-refractivity contribution >= 4 is 46.5 Å². The number of nitrogens with zero attached hydrogens (tertiary/aromatic N) is 1. The van der Waals surface area contributed by atoms with Crippen LogP contribution in [-0.4, -0.2) is 35.6 Å². The van der Waals surface area contributed by atoms with Crippen LogP contribution < -0.4 is 10.5 Å². The Morgan fingerprint density at radius 1 is 1.48 bits per heavy atom. The number of thioether (sulfide) groups is 1. The summed E-state index contributed by atoms with van der Waals surface area (Å²) in [4.78, 5) is 35.2. The van der Waals surface area contributed by atoms with E-state index in [4.69, 9.17) is 22.1 Å². The predicted octanol–water partition coefficient (Wildman–Crippen LogP) is 1.87. The van der Waals surface area contributed by atoms with Gasteiger partial charge in [-0.1, -0.05) is 17.7 Å². The molecule has 0 saturated carbocycles. The third-order valence-corrected chi connectivity index (χ3v) is 3.87. The van der Waals surface area contributed by atoms with E-state index < -0.39 is 5.91 Å². The van der Waals surface area contributed by atoms with Crippen LogP contribution in [0.2, 0.25) is 5.02 Å². The van der Waals surface area contributed by atoms with Crippen LogP contribution >= 0.6 is 23.4 Å². The van der Waals surface area contributed by atoms with Crippen molar-refractivity contribution in [2.45, 2.75) is 0 Å². The van der Waals surface area contributed by atoms with Gasteiger partial charge in [0.2, 0.25) is 0 Å². The number of carbonyl (C=O) groups is 3. The van der Waals surface area contributed by atoms with Gasteiger partial charge in [-0.3, -0.25) is 19.3 Å². The van der Waals surface area contributed by atoms with E-state index in [9.17, 15) is 14.4 Å². The lowest BCUT2D eigenvalue weighted by Crippen LogP contribution is -2.22. The standard InChI is InChI=1S/C13H11ClN2O4S/c1-16-12(18)10(21-13(16)19)5-7-2-3-9(8(14)4-7)20-6-11(15)17/h2-5H,6H2,1H3,(H2,15,17). The van der Waals surface area contributed by atoms with Gasteiger partial charge < -0.3 is 10.5 Å². The van der Waals surface area contributed by atoms with Crippen LogP contribution in [0.15, 0.2) is 23.1 Å². The van der Waals surface area contributed by atoms with Crippen molar-refractivity contribution in [2.24, 2.45) is 5.73 Å². The van der Waals surface area contributed by atoms with Crippen LogP contribution in [0, 0.1) is 0 Å². The lowest BCUT2D eigenvalue weighted by Gasteiger charge is -2.06. The first-order chi connectivity index (χ1) is 9.88. The summed E-state index contributed by atoms with van der Waals surface area (Å²) in [6, 6.07) is 4.79. The lowest BCUT2D eigenvalue weighted by molar-refractivity contribution is -0.122. The molecule has 2 rings (SSSR count). The molecule has 2 N–H and O–H groups in total. The van der Waals surface area contributed by atoms with E-state index in [1.54, 1.807) is 24.3 Å². The van der Waals surface area contributed by atoms with E-state index in [2.05, 4.69) is 0 Å². The van der Waals surface area contributed by atoms with Crippen molar-refractivity contribution in [3.63, 3.8) is 0 Å². The molecule has 0 spiro atoms. The highest BCUT2D eigenvalue weighted by atomic mass is 35.5. The number of nitrogens with two attached hydrogens (primary N) is 1. The Morgan fingerprint density at radius 3 is 2.71 bits per heavy atom. The number of halogens is 1. The summed E-state index contributed by atoms with van der Waals surface area (Å²) in [6.07, 6.45) is 1.57. The Balaban J connectivity index is 2.19. The van der Waals surface area contributed by atoms with Gasteiger partial charge in [0.25, 0.3) is 17.1 Å². The molecular weight excluding hydrogens is 316 g/mol. The largest absolute Gasteiger partial charge is 0.482 e. The van der Waals surface area contributed by atoms with Crippen LogP contribution in [0.3, 0.4) is 0 Å². The van der Waals surface area contributed by atoms with E-state index in [1.165, 1.54) is 7.05 Å². The smallest absolute Gasteiger partial charge is 0.293 e. The molecule has 1 fully saturated rings. The van der Waals surface area contributed by atoms with E-state index in [0.717, 1.165) is 16.7 Å². The molecule has 6 nitrogen and oxygen atoms in total. The summed E-state index contributed by atoms with van der Waals surface area (Å²) in [6.45, 7) is -0.270. The number of carbonyl (C=O) groups excluding carboxylic acids is 3. The summed E-state index contributed by atoms with van der Waals surface area (Å²) in [5.74, 6) is -0.641. The van der Waals surface area contributed by atoms with Gasteiger partial charge in [-0.15, -0.1) is 0 Å². The highest BCUT2D eigenvalue weighted by Gasteiger charge is 2.31. The number of likely N-dealkylation sites (N-methyl/N-ethyl adjacent to an activating group) is 1. The van der Waals surface area contributed by atoms with Crippen LogP contribution in [0.4, 0.5) is 4.79 Å². The molecule has 0 aromatic heterocycles. The number of rotatable bonds is 4. The first-order valence-electron chi connectivity index (χ1n) is 5.80. The fourth-order valence-corrected chi connectivity index (χ4v) is 2.64. The number of primary amides is 1. The summed E-state index contributed by atoms with van der Waals surface area (Å²) in [7, 11) is 1.42. The van der Waals surface area contributed by atoms with Crippen LogP contribution in [0.1, 0.15) is 5.56 Å². The molecule has 1 aliphatic rings. The van der Waals surface area contributed by atoms with Crippen LogP contribution in [-0.2, 0) is 9.59 Å². The van der Waals surface area contributed by atoms with Gasteiger partial charge >= 0.3 is 0 Å². The molecule has 110 valence electrons. The molecule has 1 aromatic carbocycles. The molecule has 0 radical (unpaired) electrons. The van der Waals surface area contributed by atoms with Crippen molar-refractivity contribution in [2.75, 3.05) is 13.7 Å². The van der Waals surface area contributed by atoms with E-state index >= 15 is 0 Å². The maximum atomic E-state index is 11.8. The van der Waals surface area contributed by atoms with E-state index in [1.807, 2.05) is 0 Å². The monoisotopic (exact) mass is 326 g/mol. The minimum absolute atomic E-state index is 0.270. The molecule has 21 heavy (non-hydrogen) atoms. The highest BCUT2D eigenvalue weighted by Crippen LogP contribution is 2.32. The summed E-state index contributed by atoms with van der Waals surface area (Å²) in [5.41, 5.74) is 5.62. The van der Waals surface area contributed by atoms with Gasteiger partial charge in [-0.2, -0.15) is 0 Å².